The molecular weight excluding hydrogens is 363 g/mol. The molecule has 1 amide bonds. The molecule has 2 aromatic heterocycles. The number of nitrogens with zero attached hydrogens (tertiary/aromatic N) is 2. The molecule has 0 saturated heterocycles. The van der Waals surface area contributed by atoms with Crippen molar-refractivity contribution in [3.05, 3.63) is 64.5 Å². The number of fused-ring (bicyclic) bond motifs is 1. The van der Waals surface area contributed by atoms with E-state index in [0.717, 1.165) is 5.56 Å². The smallest absolute Gasteiger partial charge is 0.271 e. The van der Waals surface area contributed by atoms with Gasteiger partial charge in [0.1, 0.15) is 23.1 Å². The van der Waals surface area contributed by atoms with Crippen LogP contribution < -0.4 is 5.32 Å². The molecule has 1 aromatic carbocycles. The molecule has 3 aromatic rings. The first-order valence-electron chi connectivity index (χ1n) is 8.89. The van der Waals surface area contributed by atoms with Gasteiger partial charge >= 0.3 is 0 Å². The van der Waals surface area contributed by atoms with Crippen LogP contribution in [0.25, 0.3) is 11.4 Å². The minimum Gasteiger partial charge on any atom is -0.505 e. The van der Waals surface area contributed by atoms with Crippen LogP contribution in [0.2, 0.25) is 0 Å². The Bertz CT molecular complexity index is 1050. The highest BCUT2D eigenvalue weighted by atomic mass is 19.1. The molecule has 7 nitrogen and oxygen atoms in total. The highest BCUT2D eigenvalue weighted by Gasteiger charge is 2.28. The van der Waals surface area contributed by atoms with E-state index in [4.69, 9.17) is 0 Å². The molecule has 4 N–H and O–H groups in total. The van der Waals surface area contributed by atoms with Crippen molar-refractivity contribution in [2.45, 2.75) is 25.9 Å². The summed E-state index contributed by atoms with van der Waals surface area (Å²) < 4.78 is 13.2. The van der Waals surface area contributed by atoms with Crippen LogP contribution in [0.4, 0.5) is 4.39 Å². The van der Waals surface area contributed by atoms with E-state index in [1.54, 1.807) is 19.1 Å². The van der Waals surface area contributed by atoms with Gasteiger partial charge in [-0.15, -0.1) is 0 Å². The van der Waals surface area contributed by atoms with Crippen LogP contribution in [-0.2, 0) is 13.0 Å². The maximum Gasteiger partial charge on any atom is 0.271 e. The molecule has 4 rings (SSSR count). The number of halogens is 1. The summed E-state index contributed by atoms with van der Waals surface area (Å²) in [5.74, 6) is -0.481. The number of imidazole rings is 1. The zero-order chi connectivity index (χ0) is 19.8. The van der Waals surface area contributed by atoms with E-state index in [2.05, 4.69) is 20.3 Å². The summed E-state index contributed by atoms with van der Waals surface area (Å²) in [6, 6.07) is 6.20. The molecule has 0 saturated carbocycles. The molecule has 0 spiro atoms. The van der Waals surface area contributed by atoms with Crippen LogP contribution >= 0.6 is 0 Å². The lowest BCUT2D eigenvalue weighted by Gasteiger charge is -2.14. The summed E-state index contributed by atoms with van der Waals surface area (Å²) in [5, 5.41) is 22.9. The van der Waals surface area contributed by atoms with Crippen molar-refractivity contribution in [2.75, 3.05) is 6.54 Å². The molecule has 8 heteroatoms. The third kappa shape index (κ3) is 3.11. The number of aliphatic hydroxyl groups excluding tert-OH is 1. The molecule has 1 unspecified atom stereocenters. The van der Waals surface area contributed by atoms with E-state index in [9.17, 15) is 19.4 Å². The molecule has 144 valence electrons. The Labute approximate surface area is 160 Å². The number of benzene rings is 1. The molecule has 1 atom stereocenters. The van der Waals surface area contributed by atoms with E-state index in [0.29, 0.717) is 41.3 Å². The molecule has 0 bridgehead atoms. The molecule has 1 aliphatic heterocycles. The third-order valence-electron chi connectivity index (χ3n) is 5.02. The number of nitrogens with one attached hydrogen (secondary N) is 2. The van der Waals surface area contributed by atoms with Gasteiger partial charge in [0.05, 0.1) is 17.9 Å². The number of amides is 1. The summed E-state index contributed by atoms with van der Waals surface area (Å²) in [5.41, 5.74) is 2.91. The maximum absolute atomic E-state index is 13.2. The van der Waals surface area contributed by atoms with Crippen molar-refractivity contribution in [1.29, 1.82) is 0 Å². The normalized spacial score (nSPS) is 16.4. The lowest BCUT2D eigenvalue weighted by Crippen LogP contribution is -2.26. The molecule has 0 aliphatic carbocycles. The van der Waals surface area contributed by atoms with E-state index in [1.807, 2.05) is 0 Å². The van der Waals surface area contributed by atoms with E-state index >= 15 is 0 Å². The van der Waals surface area contributed by atoms with Gasteiger partial charge in [0, 0.05) is 29.9 Å². The third-order valence-corrected chi connectivity index (χ3v) is 5.02. The first kappa shape index (κ1) is 18.1. The lowest BCUT2D eigenvalue weighted by molar-refractivity contribution is 0.0950. The van der Waals surface area contributed by atoms with Gasteiger partial charge in [-0.25, -0.2) is 9.37 Å². The molecule has 1 aliphatic rings. The van der Waals surface area contributed by atoms with Crippen LogP contribution in [0, 0.1) is 12.7 Å². The summed E-state index contributed by atoms with van der Waals surface area (Å²) >= 11 is 0. The summed E-state index contributed by atoms with van der Waals surface area (Å²) in [6.45, 7) is 1.72. The highest BCUT2D eigenvalue weighted by molar-refractivity contribution is 5.94. The van der Waals surface area contributed by atoms with Crippen molar-refractivity contribution >= 4 is 5.91 Å². The number of aromatic hydroxyl groups is 1. The Morgan fingerprint density at radius 1 is 1.29 bits per heavy atom. The highest BCUT2D eigenvalue weighted by Crippen LogP contribution is 2.34. The Kier molecular flexibility index (Phi) is 4.56. The quantitative estimate of drug-likeness (QED) is 0.555. The second-order valence-electron chi connectivity index (χ2n) is 6.83. The summed E-state index contributed by atoms with van der Waals surface area (Å²) in [4.78, 5) is 24.1. The van der Waals surface area contributed by atoms with Gasteiger partial charge < -0.3 is 20.5 Å². The van der Waals surface area contributed by atoms with Gasteiger partial charge in [-0.05, 0) is 31.0 Å². The Morgan fingerprint density at radius 3 is 2.75 bits per heavy atom. The van der Waals surface area contributed by atoms with Crippen molar-refractivity contribution in [2.24, 2.45) is 0 Å². The number of pyridine rings is 1. The van der Waals surface area contributed by atoms with Crippen molar-refractivity contribution in [3.63, 3.8) is 0 Å². The van der Waals surface area contributed by atoms with Gasteiger partial charge in [-0.1, -0.05) is 12.1 Å². The zero-order valence-electron chi connectivity index (χ0n) is 15.2. The maximum atomic E-state index is 13.2. The zero-order valence-corrected chi connectivity index (χ0v) is 15.2. The first-order chi connectivity index (χ1) is 13.5. The lowest BCUT2D eigenvalue weighted by atomic mass is 9.94. The number of H-pyrrole nitrogens is 1. The number of aromatic nitrogens is 3. The minimum absolute atomic E-state index is 0.0517. The second kappa shape index (κ2) is 7.05. The number of carbonyl (C=O) groups is 1. The number of hydrogen-bond donors (Lipinski definition) is 4. The number of aryl methyl sites for hydroxylation is 1. The molecular formula is C20H19FN4O3. The molecule has 0 fully saturated rings. The molecule has 3 heterocycles. The number of carbonyl (C=O) groups excluding carboxylic acids is 1. The predicted octanol–water partition coefficient (Wildman–Crippen LogP) is 2.19. The predicted molar refractivity (Wildman–Crippen MR) is 99.3 cm³/mol. The largest absolute Gasteiger partial charge is 0.505 e. The average Bonchev–Trinajstić information content (AvgIpc) is 3.04. The van der Waals surface area contributed by atoms with Gasteiger partial charge in [-0.2, -0.15) is 0 Å². The minimum atomic E-state index is -0.327. The monoisotopic (exact) mass is 382 g/mol. The molecule has 28 heavy (non-hydrogen) atoms. The van der Waals surface area contributed by atoms with Gasteiger partial charge in [-0.3, -0.25) is 9.78 Å². The first-order valence-corrected chi connectivity index (χ1v) is 8.89. The van der Waals surface area contributed by atoms with Gasteiger partial charge in [0.2, 0.25) is 0 Å². The SMILES string of the molecule is Cc1ncc(CO)c(-c2nc3c([nH]2)CC(c2ccc(F)cc2)CNC3=O)c1O. The number of aliphatic hydroxyl groups is 1. The van der Waals surface area contributed by atoms with E-state index in [-0.39, 0.29) is 35.7 Å². The fraction of sp³-hybridized carbons (Fsp3) is 0.250. The molecule has 0 radical (unpaired) electrons. The Morgan fingerprint density at radius 2 is 2.04 bits per heavy atom. The fourth-order valence-electron chi connectivity index (χ4n) is 3.47. The van der Waals surface area contributed by atoms with Crippen LogP contribution in [0.3, 0.4) is 0 Å². The number of rotatable bonds is 3. The number of hydrogen-bond acceptors (Lipinski definition) is 5. The van der Waals surface area contributed by atoms with Gasteiger partial charge in [0.15, 0.2) is 0 Å². The van der Waals surface area contributed by atoms with Crippen molar-refractivity contribution < 1.29 is 19.4 Å². The summed E-state index contributed by atoms with van der Waals surface area (Å²) in [6.07, 6.45) is 1.96. The van der Waals surface area contributed by atoms with Crippen LogP contribution in [0.5, 0.6) is 5.75 Å². The average molecular weight is 382 g/mol. The van der Waals surface area contributed by atoms with E-state index in [1.165, 1.54) is 18.3 Å². The van der Waals surface area contributed by atoms with Crippen LogP contribution in [0.15, 0.2) is 30.5 Å². The topological polar surface area (TPSA) is 111 Å². The van der Waals surface area contributed by atoms with Crippen molar-refractivity contribution in [1.82, 2.24) is 20.3 Å². The second-order valence-corrected chi connectivity index (χ2v) is 6.83. The fourth-order valence-corrected chi connectivity index (χ4v) is 3.47. The standard InChI is InChI=1S/C20H19FN4O3/c1-10-18(27)16(13(9-26)8-22-10)19-24-15-6-12(7-23-20(28)17(15)25-19)11-2-4-14(21)5-3-11/h2-5,8,12,26-27H,6-7,9H2,1H3,(H,23,28)(H,24,25). The van der Waals surface area contributed by atoms with E-state index < -0.39 is 0 Å². The van der Waals surface area contributed by atoms with Crippen LogP contribution in [-0.4, -0.2) is 37.6 Å². The van der Waals surface area contributed by atoms with Crippen molar-refractivity contribution in [3.8, 4) is 17.1 Å². The Hall–Kier alpha value is -3.26. The Balaban J connectivity index is 1.76. The van der Waals surface area contributed by atoms with Crippen LogP contribution in [0.1, 0.15) is 38.9 Å². The summed E-state index contributed by atoms with van der Waals surface area (Å²) in [7, 11) is 0. The number of aromatic amines is 1. The van der Waals surface area contributed by atoms with Gasteiger partial charge in [0.25, 0.3) is 5.91 Å².